The molecule has 1 aromatic rings. The van der Waals surface area contributed by atoms with Gasteiger partial charge in [0.05, 0.1) is 11.5 Å². The van der Waals surface area contributed by atoms with E-state index in [9.17, 15) is 22.8 Å². The Morgan fingerprint density at radius 1 is 1.38 bits per heavy atom. The third-order valence-electron chi connectivity index (χ3n) is 2.83. The summed E-state index contributed by atoms with van der Waals surface area (Å²) >= 11 is 2.79. The molecule has 1 unspecified atom stereocenters. The first kappa shape index (κ1) is 17.5. The van der Waals surface area contributed by atoms with Crippen LogP contribution in [0.4, 0.5) is 13.2 Å². The first-order chi connectivity index (χ1) is 9.54. The summed E-state index contributed by atoms with van der Waals surface area (Å²) in [4.78, 5) is 23.9. The number of amides is 1. The minimum absolute atomic E-state index is 0.0917. The van der Waals surface area contributed by atoms with Crippen LogP contribution in [-0.4, -0.2) is 35.5 Å². The Morgan fingerprint density at radius 2 is 1.95 bits per heavy atom. The van der Waals surface area contributed by atoms with Gasteiger partial charge in [-0.25, -0.2) is 0 Å². The highest BCUT2D eigenvalue weighted by Gasteiger charge is 2.34. The van der Waals surface area contributed by atoms with Crippen LogP contribution in [0.15, 0.2) is 22.7 Å². The van der Waals surface area contributed by atoms with E-state index in [1.165, 1.54) is 20.0 Å². The number of hydrogen-bond acceptors (Lipinski definition) is 2. The number of hydrogen-bond donors (Lipinski definition) is 1. The maximum absolute atomic E-state index is 12.8. The molecule has 0 bridgehead atoms. The average molecular weight is 368 g/mol. The van der Waals surface area contributed by atoms with Crippen LogP contribution in [-0.2, 0) is 11.0 Å². The molecule has 4 nitrogen and oxygen atoms in total. The van der Waals surface area contributed by atoms with E-state index < -0.39 is 29.5 Å². The quantitative estimate of drug-likeness (QED) is 0.888. The minimum atomic E-state index is -4.58. The summed E-state index contributed by atoms with van der Waals surface area (Å²) in [6, 6.07) is 3.14. The third-order valence-corrected chi connectivity index (χ3v) is 3.53. The van der Waals surface area contributed by atoms with Crippen LogP contribution >= 0.6 is 15.9 Å². The molecule has 0 aliphatic heterocycles. The molecule has 21 heavy (non-hydrogen) atoms. The van der Waals surface area contributed by atoms with Gasteiger partial charge in [-0.2, -0.15) is 13.2 Å². The van der Waals surface area contributed by atoms with E-state index in [1.807, 2.05) is 0 Å². The number of rotatable bonds is 4. The predicted octanol–water partition coefficient (Wildman–Crippen LogP) is 3.26. The van der Waals surface area contributed by atoms with E-state index in [1.54, 1.807) is 0 Å². The number of carbonyl (C=O) groups excluding carboxylic acids is 1. The van der Waals surface area contributed by atoms with Crippen molar-refractivity contribution in [2.24, 2.45) is 5.92 Å². The van der Waals surface area contributed by atoms with E-state index in [-0.39, 0.29) is 16.6 Å². The first-order valence-corrected chi connectivity index (χ1v) is 6.68. The molecule has 0 saturated heterocycles. The van der Waals surface area contributed by atoms with Gasteiger partial charge in [-0.3, -0.25) is 9.59 Å². The highest BCUT2D eigenvalue weighted by molar-refractivity contribution is 9.10. The molecular weight excluding hydrogens is 355 g/mol. The third kappa shape index (κ3) is 4.45. The normalized spacial score (nSPS) is 12.9. The first-order valence-electron chi connectivity index (χ1n) is 5.89. The molecule has 0 fully saturated rings. The summed E-state index contributed by atoms with van der Waals surface area (Å²) < 4.78 is 38.2. The molecule has 0 aliphatic carbocycles. The van der Waals surface area contributed by atoms with E-state index in [0.29, 0.717) is 0 Å². The summed E-state index contributed by atoms with van der Waals surface area (Å²) in [5.41, 5.74) is -1.10. The zero-order chi connectivity index (χ0) is 16.4. The van der Waals surface area contributed by atoms with Crippen LogP contribution in [0, 0.1) is 5.92 Å². The maximum atomic E-state index is 12.8. The molecule has 1 aromatic carbocycles. The van der Waals surface area contributed by atoms with Crippen LogP contribution in [0.2, 0.25) is 0 Å². The van der Waals surface area contributed by atoms with E-state index in [0.717, 1.165) is 17.0 Å². The molecule has 0 aromatic heterocycles. The minimum Gasteiger partial charge on any atom is -0.481 e. The fourth-order valence-electron chi connectivity index (χ4n) is 1.67. The topological polar surface area (TPSA) is 57.6 Å². The van der Waals surface area contributed by atoms with E-state index >= 15 is 0 Å². The van der Waals surface area contributed by atoms with Crippen molar-refractivity contribution in [3.8, 4) is 0 Å². The van der Waals surface area contributed by atoms with Gasteiger partial charge >= 0.3 is 12.1 Å². The number of alkyl halides is 3. The smallest absolute Gasteiger partial charge is 0.417 e. The van der Waals surface area contributed by atoms with Gasteiger partial charge in [0.25, 0.3) is 5.91 Å². The van der Waals surface area contributed by atoms with Crippen LogP contribution in [0.5, 0.6) is 0 Å². The lowest BCUT2D eigenvalue weighted by molar-refractivity contribution is -0.141. The van der Waals surface area contributed by atoms with Crippen LogP contribution < -0.4 is 0 Å². The van der Waals surface area contributed by atoms with Crippen molar-refractivity contribution < 1.29 is 27.9 Å². The van der Waals surface area contributed by atoms with Gasteiger partial charge in [0.1, 0.15) is 0 Å². The molecule has 116 valence electrons. The van der Waals surface area contributed by atoms with Crippen molar-refractivity contribution in [2.75, 3.05) is 13.6 Å². The SMILES string of the molecule is CC(CN(C)C(=O)c1ccc(Br)c(C(F)(F)F)c1)C(=O)O. The zero-order valence-corrected chi connectivity index (χ0v) is 12.8. The number of aliphatic carboxylic acids is 1. The Kier molecular flexibility index (Phi) is 5.38. The zero-order valence-electron chi connectivity index (χ0n) is 11.2. The van der Waals surface area contributed by atoms with E-state index in [2.05, 4.69) is 15.9 Å². The van der Waals surface area contributed by atoms with Crippen LogP contribution in [0.3, 0.4) is 0 Å². The number of halogens is 4. The van der Waals surface area contributed by atoms with Crippen molar-refractivity contribution in [3.05, 3.63) is 33.8 Å². The summed E-state index contributed by atoms with van der Waals surface area (Å²) in [5, 5.41) is 8.78. The van der Waals surface area contributed by atoms with Crippen LogP contribution in [0.1, 0.15) is 22.8 Å². The number of carbonyl (C=O) groups is 2. The predicted molar refractivity (Wildman–Crippen MR) is 72.9 cm³/mol. The second kappa shape index (κ2) is 6.46. The summed E-state index contributed by atoms with van der Waals surface area (Å²) in [5.74, 6) is -2.56. The Bertz CT molecular complexity index is 560. The molecule has 0 aliphatic rings. The van der Waals surface area contributed by atoms with Crippen molar-refractivity contribution >= 4 is 27.8 Å². The fourth-order valence-corrected chi connectivity index (χ4v) is 2.14. The monoisotopic (exact) mass is 367 g/mol. The second-order valence-corrected chi connectivity index (χ2v) is 5.47. The second-order valence-electron chi connectivity index (χ2n) is 4.62. The number of carboxylic acid groups (broad SMARTS) is 1. The van der Waals surface area contributed by atoms with Gasteiger partial charge < -0.3 is 10.0 Å². The lowest BCUT2D eigenvalue weighted by Gasteiger charge is -2.20. The molecule has 0 heterocycles. The van der Waals surface area contributed by atoms with Gasteiger partial charge in [0.15, 0.2) is 0 Å². The van der Waals surface area contributed by atoms with Crippen molar-refractivity contribution in [1.82, 2.24) is 4.90 Å². The van der Waals surface area contributed by atoms with Gasteiger partial charge in [-0.1, -0.05) is 22.9 Å². The van der Waals surface area contributed by atoms with Gasteiger partial charge in [-0.15, -0.1) is 0 Å². The van der Waals surface area contributed by atoms with Crippen molar-refractivity contribution in [1.29, 1.82) is 0 Å². The molecule has 1 N–H and O–H groups in total. The van der Waals surface area contributed by atoms with Gasteiger partial charge in [-0.05, 0) is 18.2 Å². The Labute approximate surface area is 127 Å². The molecule has 1 rings (SSSR count). The summed E-state index contributed by atoms with van der Waals surface area (Å²) in [6.07, 6.45) is -4.58. The molecule has 0 saturated carbocycles. The number of benzene rings is 1. The average Bonchev–Trinajstić information content (AvgIpc) is 2.36. The fraction of sp³-hybridized carbons (Fsp3) is 0.385. The standard InChI is InChI=1S/C13H13BrF3NO3/c1-7(12(20)21)6-18(2)11(19)8-3-4-10(14)9(5-8)13(15,16)17/h3-5,7H,6H2,1-2H3,(H,20,21). The van der Waals surface area contributed by atoms with Gasteiger partial charge in [0, 0.05) is 23.6 Å². The molecule has 1 atom stereocenters. The molecule has 1 amide bonds. The maximum Gasteiger partial charge on any atom is 0.417 e. The molecule has 0 radical (unpaired) electrons. The van der Waals surface area contributed by atoms with Crippen LogP contribution in [0.25, 0.3) is 0 Å². The summed E-state index contributed by atoms with van der Waals surface area (Å²) in [7, 11) is 1.34. The Balaban J connectivity index is 3.01. The van der Waals surface area contributed by atoms with Crippen molar-refractivity contribution in [2.45, 2.75) is 13.1 Å². The highest BCUT2D eigenvalue weighted by atomic mass is 79.9. The van der Waals surface area contributed by atoms with E-state index in [4.69, 9.17) is 5.11 Å². The largest absolute Gasteiger partial charge is 0.481 e. The lowest BCUT2D eigenvalue weighted by atomic mass is 10.1. The van der Waals surface area contributed by atoms with Gasteiger partial charge in [0.2, 0.25) is 0 Å². The Morgan fingerprint density at radius 3 is 2.43 bits per heavy atom. The Hall–Kier alpha value is -1.57. The lowest BCUT2D eigenvalue weighted by Crippen LogP contribution is -2.33. The highest BCUT2D eigenvalue weighted by Crippen LogP contribution is 2.35. The molecule has 0 spiro atoms. The van der Waals surface area contributed by atoms with Crippen molar-refractivity contribution in [3.63, 3.8) is 0 Å². The molecule has 8 heteroatoms. The molecular formula is C13H13BrF3NO3. The number of nitrogens with zero attached hydrogens (tertiary/aromatic N) is 1. The number of carboxylic acids is 1. The summed E-state index contributed by atoms with van der Waals surface area (Å²) in [6.45, 7) is 1.32.